The van der Waals surface area contributed by atoms with E-state index in [0.29, 0.717) is 17.8 Å². The van der Waals surface area contributed by atoms with Crippen molar-refractivity contribution in [3.63, 3.8) is 0 Å². The van der Waals surface area contributed by atoms with Gasteiger partial charge in [0.15, 0.2) is 0 Å². The molecule has 5 rings (SSSR count). The van der Waals surface area contributed by atoms with Crippen LogP contribution in [0.2, 0.25) is 0 Å². The number of aryl methyl sites for hydroxylation is 1. The summed E-state index contributed by atoms with van der Waals surface area (Å²) in [4.78, 5) is 4.29. The van der Waals surface area contributed by atoms with Crippen LogP contribution in [0.1, 0.15) is 35.4 Å². The third-order valence-electron chi connectivity index (χ3n) is 5.29. The number of benzene rings is 1. The summed E-state index contributed by atoms with van der Waals surface area (Å²) in [6.07, 6.45) is 5.34. The zero-order valence-corrected chi connectivity index (χ0v) is 12.9. The molecule has 0 radical (unpaired) electrons. The minimum Gasteiger partial charge on any atom is -0.386 e. The van der Waals surface area contributed by atoms with Gasteiger partial charge in [-0.05, 0) is 12.0 Å². The lowest BCUT2D eigenvalue weighted by Gasteiger charge is -2.34. The van der Waals surface area contributed by atoms with Crippen LogP contribution in [0.3, 0.4) is 0 Å². The first-order valence-electron chi connectivity index (χ1n) is 8.04. The van der Waals surface area contributed by atoms with E-state index in [0.717, 1.165) is 12.1 Å². The second-order valence-corrected chi connectivity index (χ2v) is 6.39. The third-order valence-corrected chi connectivity index (χ3v) is 5.29. The monoisotopic (exact) mass is 317 g/mol. The molecule has 2 aromatic heterocycles. The van der Waals surface area contributed by atoms with Crippen LogP contribution < -0.4 is 0 Å². The van der Waals surface area contributed by atoms with Crippen LogP contribution in [0.25, 0.3) is 11.3 Å². The van der Waals surface area contributed by atoms with E-state index in [2.05, 4.69) is 32.9 Å². The highest BCUT2D eigenvalue weighted by Crippen LogP contribution is 2.49. The van der Waals surface area contributed by atoms with Gasteiger partial charge in [-0.25, -0.2) is 4.98 Å². The van der Waals surface area contributed by atoms with Gasteiger partial charge in [0.2, 0.25) is 0 Å². The molecule has 6 nitrogen and oxygen atoms in total. The normalized spacial score (nSPS) is 24.1. The molecule has 118 valence electrons. The van der Waals surface area contributed by atoms with Crippen LogP contribution in [0, 0.1) is 17.2 Å². The SMILES string of the molecule is N#Cc1cnn2c1[C@@H](O)[C@H](C1c3ccccc3-c3cncn31)CC2. The van der Waals surface area contributed by atoms with Crippen molar-refractivity contribution in [1.29, 1.82) is 5.26 Å². The van der Waals surface area contributed by atoms with Gasteiger partial charge in [-0.1, -0.05) is 24.3 Å². The molecule has 24 heavy (non-hydrogen) atoms. The predicted octanol–water partition coefficient (Wildman–Crippen LogP) is 2.27. The van der Waals surface area contributed by atoms with Crippen molar-refractivity contribution in [2.24, 2.45) is 5.92 Å². The van der Waals surface area contributed by atoms with Crippen molar-refractivity contribution in [1.82, 2.24) is 19.3 Å². The first-order chi connectivity index (χ1) is 11.8. The van der Waals surface area contributed by atoms with E-state index in [1.165, 1.54) is 11.1 Å². The quantitative estimate of drug-likeness (QED) is 0.746. The highest BCUT2D eigenvalue weighted by Gasteiger charge is 2.41. The topological polar surface area (TPSA) is 79.7 Å². The second kappa shape index (κ2) is 4.79. The average Bonchev–Trinajstić information content (AvgIpc) is 3.29. The van der Waals surface area contributed by atoms with E-state index in [1.54, 1.807) is 10.9 Å². The number of rotatable bonds is 1. The second-order valence-electron chi connectivity index (χ2n) is 6.39. The Morgan fingerprint density at radius 3 is 3.00 bits per heavy atom. The third kappa shape index (κ3) is 1.62. The van der Waals surface area contributed by atoms with Gasteiger partial charge in [-0.3, -0.25) is 4.68 Å². The molecule has 2 aliphatic rings. The molecule has 0 aliphatic carbocycles. The van der Waals surface area contributed by atoms with Gasteiger partial charge in [0, 0.05) is 18.0 Å². The van der Waals surface area contributed by atoms with E-state index in [1.807, 2.05) is 24.7 Å². The van der Waals surface area contributed by atoms with Gasteiger partial charge < -0.3 is 9.67 Å². The Labute approximate surface area is 138 Å². The molecule has 0 bridgehead atoms. The summed E-state index contributed by atoms with van der Waals surface area (Å²) >= 11 is 0. The van der Waals surface area contributed by atoms with Gasteiger partial charge in [0.25, 0.3) is 0 Å². The molecule has 0 spiro atoms. The Bertz CT molecular complexity index is 979. The molecule has 6 heteroatoms. The van der Waals surface area contributed by atoms with E-state index < -0.39 is 6.10 Å². The highest BCUT2D eigenvalue weighted by molar-refractivity contribution is 5.69. The minimum atomic E-state index is -0.720. The Hall–Kier alpha value is -2.91. The predicted molar refractivity (Wildman–Crippen MR) is 85.8 cm³/mol. The Balaban J connectivity index is 1.64. The smallest absolute Gasteiger partial charge is 0.103 e. The molecule has 0 amide bonds. The maximum atomic E-state index is 11.0. The van der Waals surface area contributed by atoms with E-state index >= 15 is 0 Å². The number of fused-ring (bicyclic) bond motifs is 4. The first kappa shape index (κ1) is 13.5. The summed E-state index contributed by atoms with van der Waals surface area (Å²) < 4.78 is 3.91. The fourth-order valence-corrected chi connectivity index (χ4v) is 4.24. The van der Waals surface area contributed by atoms with E-state index in [9.17, 15) is 10.4 Å². The molecular formula is C18H15N5O. The number of nitrogens with zero attached hydrogens (tertiary/aromatic N) is 5. The lowest BCUT2D eigenvalue weighted by molar-refractivity contribution is 0.0523. The molecular weight excluding hydrogens is 302 g/mol. The number of aliphatic hydroxyl groups is 1. The Kier molecular flexibility index (Phi) is 2.70. The maximum absolute atomic E-state index is 11.0. The zero-order chi connectivity index (χ0) is 16.3. The number of hydrogen-bond donors (Lipinski definition) is 1. The summed E-state index contributed by atoms with van der Waals surface area (Å²) in [7, 11) is 0. The van der Waals surface area contributed by atoms with Crippen molar-refractivity contribution in [3.8, 4) is 17.3 Å². The van der Waals surface area contributed by atoms with Crippen molar-refractivity contribution in [2.45, 2.75) is 25.1 Å². The first-order valence-corrected chi connectivity index (χ1v) is 8.04. The molecule has 3 aromatic rings. The molecule has 1 aromatic carbocycles. The summed E-state index contributed by atoms with van der Waals surface area (Å²) in [5.41, 5.74) is 4.57. The molecule has 0 fully saturated rings. The lowest BCUT2D eigenvalue weighted by atomic mass is 9.82. The number of hydrogen-bond acceptors (Lipinski definition) is 4. The lowest BCUT2D eigenvalue weighted by Crippen LogP contribution is -2.31. The largest absolute Gasteiger partial charge is 0.386 e. The van der Waals surface area contributed by atoms with Crippen molar-refractivity contribution >= 4 is 0 Å². The minimum absolute atomic E-state index is 0.0158. The molecule has 4 heterocycles. The molecule has 3 atom stereocenters. The van der Waals surface area contributed by atoms with Crippen LogP contribution >= 0.6 is 0 Å². The molecule has 1 N–H and O–H groups in total. The maximum Gasteiger partial charge on any atom is 0.103 e. The standard InChI is InChI=1S/C18H15N5O/c19-7-11-8-21-23-6-5-14(18(24)16(11)23)17-13-4-2-1-3-12(13)15-9-20-10-22(15)17/h1-4,8-10,14,17-18,24H,5-6H2/t14-,17?,18-/m0/s1. The molecule has 0 saturated carbocycles. The number of imidazole rings is 1. The van der Waals surface area contributed by atoms with E-state index in [-0.39, 0.29) is 12.0 Å². The number of aliphatic hydroxyl groups excluding tert-OH is 1. The van der Waals surface area contributed by atoms with Crippen molar-refractivity contribution in [2.75, 3.05) is 0 Å². The van der Waals surface area contributed by atoms with Gasteiger partial charge >= 0.3 is 0 Å². The van der Waals surface area contributed by atoms with Crippen LogP contribution in [0.5, 0.6) is 0 Å². The Morgan fingerprint density at radius 2 is 2.12 bits per heavy atom. The Morgan fingerprint density at radius 1 is 1.25 bits per heavy atom. The zero-order valence-electron chi connectivity index (χ0n) is 12.9. The van der Waals surface area contributed by atoms with Crippen LogP contribution in [-0.4, -0.2) is 24.4 Å². The fourth-order valence-electron chi connectivity index (χ4n) is 4.24. The van der Waals surface area contributed by atoms with E-state index in [4.69, 9.17) is 0 Å². The van der Waals surface area contributed by atoms with Crippen LogP contribution in [0.4, 0.5) is 0 Å². The van der Waals surface area contributed by atoms with Crippen LogP contribution in [0.15, 0.2) is 43.0 Å². The van der Waals surface area contributed by atoms with Gasteiger partial charge in [-0.2, -0.15) is 10.4 Å². The summed E-state index contributed by atoms with van der Waals surface area (Å²) in [5, 5.41) is 24.6. The molecule has 0 saturated heterocycles. The molecule has 2 aliphatic heterocycles. The van der Waals surface area contributed by atoms with Crippen LogP contribution in [-0.2, 0) is 6.54 Å². The summed E-state index contributed by atoms with van der Waals surface area (Å²) in [6.45, 7) is 0.710. The molecule has 1 unspecified atom stereocenters. The number of aromatic nitrogens is 4. The number of nitriles is 1. The van der Waals surface area contributed by atoms with Gasteiger partial charge in [0.05, 0.1) is 41.7 Å². The van der Waals surface area contributed by atoms with Crippen molar-refractivity contribution in [3.05, 3.63) is 59.8 Å². The van der Waals surface area contributed by atoms with Crippen molar-refractivity contribution < 1.29 is 5.11 Å². The average molecular weight is 317 g/mol. The summed E-state index contributed by atoms with van der Waals surface area (Å²) in [6, 6.07) is 10.5. The summed E-state index contributed by atoms with van der Waals surface area (Å²) in [5.74, 6) is -0.0158. The van der Waals surface area contributed by atoms with Gasteiger partial charge in [0.1, 0.15) is 12.2 Å². The van der Waals surface area contributed by atoms with Gasteiger partial charge in [-0.15, -0.1) is 0 Å². The fraction of sp³-hybridized carbons (Fsp3) is 0.278. The highest BCUT2D eigenvalue weighted by atomic mass is 16.3.